The molecule has 1 unspecified atom stereocenters. The largest absolute Gasteiger partial charge is 0.507 e. The van der Waals surface area contributed by atoms with E-state index in [4.69, 9.17) is 4.74 Å². The van der Waals surface area contributed by atoms with Gasteiger partial charge < -0.3 is 35.8 Å². The van der Waals surface area contributed by atoms with E-state index in [0.29, 0.717) is 6.54 Å². The number of aliphatic hydroxyl groups excluding tert-OH is 1. The van der Waals surface area contributed by atoms with Crippen molar-refractivity contribution in [1.82, 2.24) is 10.6 Å². The van der Waals surface area contributed by atoms with Crippen LogP contribution < -0.4 is 15.4 Å². The molecule has 0 radical (unpaired) electrons. The number of hydrogen-bond donors (Lipinski definition) is 6. The first kappa shape index (κ1) is 22.7. The maximum Gasteiger partial charge on any atom is 0.252 e. The first-order valence-electron chi connectivity index (χ1n) is 10.4. The molecular formula is C23H24N2O8. The average Bonchev–Trinajstić information content (AvgIpc) is 2.78. The van der Waals surface area contributed by atoms with E-state index in [1.807, 2.05) is 0 Å². The Morgan fingerprint density at radius 2 is 1.82 bits per heavy atom. The predicted octanol–water partition coefficient (Wildman–Crippen LogP) is -0.0719. The number of ether oxygens (including phenoxy) is 1. The van der Waals surface area contributed by atoms with E-state index < -0.39 is 64.6 Å². The Morgan fingerprint density at radius 3 is 2.48 bits per heavy atom. The van der Waals surface area contributed by atoms with E-state index >= 15 is 0 Å². The average molecular weight is 456 g/mol. The number of phenols is 2. The van der Waals surface area contributed by atoms with Gasteiger partial charge in [0.2, 0.25) is 5.78 Å². The number of ketones is 2. The van der Waals surface area contributed by atoms with Crippen LogP contribution >= 0.6 is 0 Å². The number of fused-ring (bicyclic) bond motifs is 3. The Kier molecular flexibility index (Phi) is 5.61. The van der Waals surface area contributed by atoms with E-state index in [1.165, 1.54) is 25.3 Å². The van der Waals surface area contributed by atoms with Gasteiger partial charge in [-0.2, -0.15) is 0 Å². The number of aliphatic hydroxyl groups is 2. The minimum absolute atomic E-state index is 0.0158. The number of hydrogen-bond acceptors (Lipinski definition) is 9. The molecule has 0 saturated heterocycles. The van der Waals surface area contributed by atoms with E-state index in [-0.39, 0.29) is 34.5 Å². The number of phenolic OH excluding ortho intramolecular Hbond substituents is 2. The molecule has 0 saturated carbocycles. The van der Waals surface area contributed by atoms with Crippen molar-refractivity contribution in [3.63, 3.8) is 0 Å². The second-order valence-corrected chi connectivity index (χ2v) is 8.17. The van der Waals surface area contributed by atoms with Gasteiger partial charge in [0.05, 0.1) is 29.9 Å². The minimum atomic E-state index is -2.10. The molecule has 0 aromatic heterocycles. The fourth-order valence-corrected chi connectivity index (χ4v) is 4.58. The number of rotatable bonds is 5. The lowest BCUT2D eigenvalue weighted by Crippen LogP contribution is -2.52. The van der Waals surface area contributed by atoms with Crippen LogP contribution in [0.15, 0.2) is 18.2 Å². The van der Waals surface area contributed by atoms with Crippen LogP contribution in [0.4, 0.5) is 0 Å². The summed E-state index contributed by atoms with van der Waals surface area (Å²) in [6, 6.07) is 4.41. The van der Waals surface area contributed by atoms with Gasteiger partial charge in [-0.15, -0.1) is 0 Å². The summed E-state index contributed by atoms with van der Waals surface area (Å²) in [4.78, 5) is 39.1. The third kappa shape index (κ3) is 3.34. The maximum atomic E-state index is 13.3. The monoisotopic (exact) mass is 456 g/mol. The van der Waals surface area contributed by atoms with E-state index in [9.17, 15) is 34.8 Å². The number of amides is 1. The van der Waals surface area contributed by atoms with Crippen LogP contribution in [0.3, 0.4) is 0 Å². The summed E-state index contributed by atoms with van der Waals surface area (Å²) < 4.78 is 5.20. The summed E-state index contributed by atoms with van der Waals surface area (Å²) >= 11 is 0. The number of nitrogens with one attached hydrogen (secondary N) is 2. The molecule has 2 aliphatic carbocycles. The first-order chi connectivity index (χ1) is 15.7. The van der Waals surface area contributed by atoms with E-state index in [1.54, 1.807) is 7.05 Å². The summed E-state index contributed by atoms with van der Waals surface area (Å²) in [5.74, 6) is -3.44. The number of methoxy groups -OCH3 is 1. The molecule has 10 heteroatoms. The molecule has 10 nitrogen and oxygen atoms in total. The molecule has 2 aromatic carbocycles. The van der Waals surface area contributed by atoms with Crippen LogP contribution in [0.5, 0.6) is 17.2 Å². The van der Waals surface area contributed by atoms with Crippen molar-refractivity contribution < 1.29 is 39.5 Å². The summed E-state index contributed by atoms with van der Waals surface area (Å²) in [5.41, 5.74) is -3.42. The normalized spacial score (nSPS) is 21.2. The number of likely N-dealkylation sites (N-methyl/N-ethyl adjacent to an activating group) is 1. The molecule has 0 fully saturated rings. The molecule has 2 aromatic rings. The standard InChI is InChI=1S/C23H24N2O8/c1-24-6-7-25-22(31)23(32)8-11-14(12(26)9-23)20(29)17-16(19(11)28)18(27)10-4-3-5-13(33-2)15(10)21(17)30/h3-5,12,24,26,28-29,32H,6-9H2,1-2H3,(H,25,31)/t12-,23?/m0/s1. The fraction of sp³-hybridized carbons (Fsp3) is 0.348. The molecule has 0 bridgehead atoms. The van der Waals surface area contributed by atoms with Crippen molar-refractivity contribution in [1.29, 1.82) is 0 Å². The maximum absolute atomic E-state index is 13.3. The van der Waals surface area contributed by atoms with Gasteiger partial charge in [-0.3, -0.25) is 14.4 Å². The highest BCUT2D eigenvalue weighted by molar-refractivity contribution is 6.31. The Morgan fingerprint density at radius 1 is 1.12 bits per heavy atom. The Balaban J connectivity index is 1.86. The SMILES string of the molecule is CNCCNC(=O)C1(O)Cc2c(O)c3c(c(O)c2[C@@H](O)C1)C(=O)c1c(OC)cccc1C3=O. The molecule has 2 atom stereocenters. The highest BCUT2D eigenvalue weighted by Gasteiger charge is 2.48. The van der Waals surface area contributed by atoms with Gasteiger partial charge in [0.25, 0.3) is 5.91 Å². The smallest absolute Gasteiger partial charge is 0.252 e. The first-order valence-corrected chi connectivity index (χ1v) is 10.4. The molecule has 174 valence electrons. The third-order valence-electron chi connectivity index (χ3n) is 6.18. The van der Waals surface area contributed by atoms with Gasteiger partial charge in [-0.1, -0.05) is 12.1 Å². The zero-order valence-corrected chi connectivity index (χ0v) is 18.1. The molecule has 0 heterocycles. The van der Waals surface area contributed by atoms with Crippen molar-refractivity contribution >= 4 is 17.5 Å². The second-order valence-electron chi connectivity index (χ2n) is 8.17. The van der Waals surface area contributed by atoms with Crippen molar-refractivity contribution in [3.8, 4) is 17.2 Å². The number of benzene rings is 2. The molecule has 2 aliphatic rings. The predicted molar refractivity (Wildman–Crippen MR) is 115 cm³/mol. The second kappa shape index (κ2) is 8.14. The molecule has 1 amide bonds. The molecule has 4 rings (SSSR count). The van der Waals surface area contributed by atoms with Gasteiger partial charge >= 0.3 is 0 Å². The van der Waals surface area contributed by atoms with Gasteiger partial charge in [0.15, 0.2) is 5.78 Å². The third-order valence-corrected chi connectivity index (χ3v) is 6.18. The van der Waals surface area contributed by atoms with Gasteiger partial charge in [0, 0.05) is 42.6 Å². The molecule has 0 aliphatic heterocycles. The number of aromatic hydroxyl groups is 2. The minimum Gasteiger partial charge on any atom is -0.507 e. The number of carbonyl (C=O) groups is 3. The van der Waals surface area contributed by atoms with Gasteiger partial charge in [-0.05, 0) is 13.1 Å². The Bertz CT molecular complexity index is 1190. The lowest BCUT2D eigenvalue weighted by Gasteiger charge is -2.37. The Hall–Kier alpha value is -3.47. The van der Waals surface area contributed by atoms with Crippen LogP contribution in [-0.4, -0.2) is 70.7 Å². The quantitative estimate of drug-likeness (QED) is 0.228. The lowest BCUT2D eigenvalue weighted by atomic mass is 9.72. The topological polar surface area (TPSA) is 165 Å². The van der Waals surface area contributed by atoms with Crippen molar-refractivity contribution in [2.24, 2.45) is 0 Å². The van der Waals surface area contributed by atoms with E-state index in [2.05, 4.69) is 10.6 Å². The molecule has 33 heavy (non-hydrogen) atoms. The molecular weight excluding hydrogens is 432 g/mol. The van der Waals surface area contributed by atoms with Crippen LogP contribution in [0.1, 0.15) is 55.5 Å². The summed E-state index contributed by atoms with van der Waals surface area (Å²) in [5, 5.41) is 49.0. The Labute approximate surface area is 188 Å². The van der Waals surface area contributed by atoms with Gasteiger partial charge in [0.1, 0.15) is 22.8 Å². The summed E-state index contributed by atoms with van der Waals surface area (Å²) in [6.45, 7) is 0.660. The highest BCUT2D eigenvalue weighted by atomic mass is 16.5. The van der Waals surface area contributed by atoms with Gasteiger partial charge in [-0.25, -0.2) is 0 Å². The van der Waals surface area contributed by atoms with Crippen LogP contribution in [0, 0.1) is 0 Å². The van der Waals surface area contributed by atoms with Crippen LogP contribution in [-0.2, 0) is 11.2 Å². The summed E-state index contributed by atoms with van der Waals surface area (Å²) in [7, 11) is 3.02. The molecule has 0 spiro atoms. The van der Waals surface area contributed by atoms with Crippen molar-refractivity contribution in [2.45, 2.75) is 24.5 Å². The zero-order chi connectivity index (χ0) is 24.1. The van der Waals surface area contributed by atoms with Crippen molar-refractivity contribution in [3.05, 3.63) is 51.6 Å². The van der Waals surface area contributed by atoms with E-state index in [0.717, 1.165) is 0 Å². The highest BCUT2D eigenvalue weighted by Crippen LogP contribution is 2.50. The lowest BCUT2D eigenvalue weighted by molar-refractivity contribution is -0.144. The molecule has 6 N–H and O–H groups in total. The van der Waals surface area contributed by atoms with Crippen LogP contribution in [0.25, 0.3) is 0 Å². The van der Waals surface area contributed by atoms with Crippen LogP contribution in [0.2, 0.25) is 0 Å². The zero-order valence-electron chi connectivity index (χ0n) is 18.1. The number of carbonyl (C=O) groups excluding carboxylic acids is 3. The summed E-state index contributed by atoms with van der Waals surface area (Å²) in [6.07, 6.45) is -2.52. The van der Waals surface area contributed by atoms with Crippen molar-refractivity contribution in [2.75, 3.05) is 27.2 Å². The fourth-order valence-electron chi connectivity index (χ4n) is 4.58.